The zero-order valence-corrected chi connectivity index (χ0v) is 11.5. The van der Waals surface area contributed by atoms with Crippen LogP contribution in [-0.4, -0.2) is 18.2 Å². The Morgan fingerprint density at radius 3 is 2.65 bits per heavy atom. The fourth-order valence-electron chi connectivity index (χ4n) is 1.98. The summed E-state index contributed by atoms with van der Waals surface area (Å²) >= 11 is 0. The Hall–Kier alpha value is -2.27. The van der Waals surface area contributed by atoms with Gasteiger partial charge < -0.3 is 19.6 Å². The second kappa shape index (κ2) is 6.25. The summed E-state index contributed by atoms with van der Waals surface area (Å²) in [7, 11) is 1.64. The summed E-state index contributed by atoms with van der Waals surface area (Å²) in [5, 5.41) is 12.1. The molecule has 106 valence electrons. The van der Waals surface area contributed by atoms with Crippen LogP contribution in [0.25, 0.3) is 0 Å². The number of carbonyl (C=O) groups is 1. The van der Waals surface area contributed by atoms with Crippen molar-refractivity contribution in [1.29, 1.82) is 0 Å². The number of carboxylic acids is 1. The molecule has 0 amide bonds. The van der Waals surface area contributed by atoms with Gasteiger partial charge in [-0.15, -0.1) is 0 Å². The van der Waals surface area contributed by atoms with Crippen molar-refractivity contribution in [2.45, 2.75) is 20.0 Å². The van der Waals surface area contributed by atoms with Crippen LogP contribution in [0.15, 0.2) is 34.7 Å². The van der Waals surface area contributed by atoms with Gasteiger partial charge in [0.25, 0.3) is 0 Å². The largest absolute Gasteiger partial charge is 0.496 e. The lowest BCUT2D eigenvalue weighted by molar-refractivity contribution is 0.0661. The number of para-hydroxylation sites is 1. The first-order valence-electron chi connectivity index (χ1n) is 6.27. The SMILES string of the molecule is COc1ccccc1CNCc1cc(C(=O)O)oc1C. The molecule has 5 heteroatoms. The number of ether oxygens (including phenoxy) is 1. The number of benzene rings is 1. The van der Waals surface area contributed by atoms with E-state index in [2.05, 4.69) is 5.32 Å². The molecular weight excluding hydrogens is 258 g/mol. The Labute approximate surface area is 117 Å². The van der Waals surface area contributed by atoms with Gasteiger partial charge in [-0.1, -0.05) is 18.2 Å². The topological polar surface area (TPSA) is 71.7 Å². The van der Waals surface area contributed by atoms with E-state index in [4.69, 9.17) is 14.3 Å². The molecule has 2 N–H and O–H groups in total. The third-order valence-electron chi connectivity index (χ3n) is 3.05. The highest BCUT2D eigenvalue weighted by atomic mass is 16.5. The van der Waals surface area contributed by atoms with E-state index in [9.17, 15) is 4.79 Å². The average Bonchev–Trinajstić information content (AvgIpc) is 2.81. The van der Waals surface area contributed by atoms with Gasteiger partial charge in [0.1, 0.15) is 11.5 Å². The second-order valence-electron chi connectivity index (χ2n) is 4.41. The number of aromatic carboxylic acids is 1. The molecule has 1 aromatic carbocycles. The van der Waals surface area contributed by atoms with Gasteiger partial charge >= 0.3 is 5.97 Å². The van der Waals surface area contributed by atoms with Crippen molar-refractivity contribution in [3.05, 3.63) is 53.0 Å². The monoisotopic (exact) mass is 275 g/mol. The van der Waals surface area contributed by atoms with Crippen LogP contribution in [0.1, 0.15) is 27.4 Å². The molecule has 1 heterocycles. The van der Waals surface area contributed by atoms with Gasteiger partial charge in [0.05, 0.1) is 7.11 Å². The van der Waals surface area contributed by atoms with Gasteiger partial charge in [0.15, 0.2) is 0 Å². The predicted molar refractivity (Wildman–Crippen MR) is 73.9 cm³/mol. The van der Waals surface area contributed by atoms with E-state index in [-0.39, 0.29) is 5.76 Å². The van der Waals surface area contributed by atoms with E-state index in [1.807, 2.05) is 24.3 Å². The van der Waals surface area contributed by atoms with E-state index >= 15 is 0 Å². The van der Waals surface area contributed by atoms with Crippen molar-refractivity contribution in [3.8, 4) is 5.75 Å². The Balaban J connectivity index is 1.97. The number of furan rings is 1. The second-order valence-corrected chi connectivity index (χ2v) is 4.41. The highest BCUT2D eigenvalue weighted by Crippen LogP contribution is 2.18. The summed E-state index contributed by atoms with van der Waals surface area (Å²) in [6.07, 6.45) is 0. The minimum Gasteiger partial charge on any atom is -0.496 e. The summed E-state index contributed by atoms with van der Waals surface area (Å²) in [4.78, 5) is 10.8. The number of methoxy groups -OCH3 is 1. The normalized spacial score (nSPS) is 10.5. The smallest absolute Gasteiger partial charge is 0.371 e. The minimum absolute atomic E-state index is 0.0309. The maximum Gasteiger partial charge on any atom is 0.371 e. The standard InChI is InChI=1S/C15H17NO4/c1-10-12(7-14(20-10)15(17)18)9-16-8-11-5-3-4-6-13(11)19-2/h3-7,16H,8-9H2,1-2H3,(H,17,18). The lowest BCUT2D eigenvalue weighted by Gasteiger charge is -2.08. The minimum atomic E-state index is -1.05. The molecule has 0 aliphatic heterocycles. The lowest BCUT2D eigenvalue weighted by atomic mass is 10.2. The van der Waals surface area contributed by atoms with Crippen LogP contribution in [0.3, 0.4) is 0 Å². The molecule has 0 spiro atoms. The first kappa shape index (κ1) is 14.1. The number of hydrogen-bond donors (Lipinski definition) is 2. The van der Waals surface area contributed by atoms with Crippen molar-refractivity contribution in [1.82, 2.24) is 5.32 Å². The predicted octanol–water partition coefficient (Wildman–Crippen LogP) is 2.58. The van der Waals surface area contributed by atoms with Crippen molar-refractivity contribution < 1.29 is 19.1 Å². The zero-order valence-electron chi connectivity index (χ0n) is 11.5. The van der Waals surface area contributed by atoms with E-state index in [0.717, 1.165) is 16.9 Å². The van der Waals surface area contributed by atoms with Crippen LogP contribution in [0.4, 0.5) is 0 Å². The van der Waals surface area contributed by atoms with Crippen LogP contribution < -0.4 is 10.1 Å². The van der Waals surface area contributed by atoms with Crippen molar-refractivity contribution >= 4 is 5.97 Å². The van der Waals surface area contributed by atoms with Crippen LogP contribution in [-0.2, 0) is 13.1 Å². The van der Waals surface area contributed by atoms with Gasteiger partial charge in [0, 0.05) is 24.2 Å². The van der Waals surface area contributed by atoms with Crippen molar-refractivity contribution in [2.24, 2.45) is 0 Å². The average molecular weight is 275 g/mol. The van der Waals surface area contributed by atoms with Gasteiger partial charge in [0.2, 0.25) is 5.76 Å². The summed E-state index contributed by atoms with van der Waals surface area (Å²) in [5.74, 6) is 0.366. The summed E-state index contributed by atoms with van der Waals surface area (Å²) < 4.78 is 10.4. The van der Waals surface area contributed by atoms with Crippen LogP contribution in [0.5, 0.6) is 5.75 Å². The van der Waals surface area contributed by atoms with Gasteiger partial charge in [-0.3, -0.25) is 0 Å². The van der Waals surface area contributed by atoms with Crippen molar-refractivity contribution in [3.63, 3.8) is 0 Å². The van der Waals surface area contributed by atoms with Crippen molar-refractivity contribution in [2.75, 3.05) is 7.11 Å². The fourth-order valence-corrected chi connectivity index (χ4v) is 1.98. The molecule has 2 aromatic rings. The number of carboxylic acid groups (broad SMARTS) is 1. The summed E-state index contributed by atoms with van der Waals surface area (Å²) in [5.41, 5.74) is 1.90. The lowest BCUT2D eigenvalue weighted by Crippen LogP contribution is -2.13. The number of rotatable bonds is 6. The van der Waals surface area contributed by atoms with E-state index in [1.54, 1.807) is 20.1 Å². The third kappa shape index (κ3) is 3.19. The molecule has 0 saturated heterocycles. The molecule has 0 saturated carbocycles. The fraction of sp³-hybridized carbons (Fsp3) is 0.267. The molecule has 20 heavy (non-hydrogen) atoms. The summed E-state index contributed by atoms with van der Waals surface area (Å²) in [6, 6.07) is 9.30. The molecule has 0 atom stereocenters. The zero-order chi connectivity index (χ0) is 14.5. The molecule has 0 unspecified atom stereocenters. The highest BCUT2D eigenvalue weighted by molar-refractivity contribution is 5.84. The van der Waals surface area contributed by atoms with Gasteiger partial charge in [-0.2, -0.15) is 0 Å². The highest BCUT2D eigenvalue weighted by Gasteiger charge is 2.12. The molecular formula is C15H17NO4. The third-order valence-corrected chi connectivity index (χ3v) is 3.05. The van der Waals surface area contributed by atoms with Gasteiger partial charge in [-0.25, -0.2) is 4.79 Å². The number of hydrogen-bond acceptors (Lipinski definition) is 4. The van der Waals surface area contributed by atoms with Gasteiger partial charge in [-0.05, 0) is 19.1 Å². The molecule has 0 aliphatic rings. The molecule has 0 radical (unpaired) electrons. The van der Waals surface area contributed by atoms with Crippen LogP contribution >= 0.6 is 0 Å². The van der Waals surface area contributed by atoms with E-state index < -0.39 is 5.97 Å². The number of nitrogens with one attached hydrogen (secondary N) is 1. The first-order valence-corrected chi connectivity index (χ1v) is 6.27. The quantitative estimate of drug-likeness (QED) is 0.847. The maximum absolute atomic E-state index is 10.8. The summed E-state index contributed by atoms with van der Waals surface area (Å²) in [6.45, 7) is 2.93. The molecule has 0 bridgehead atoms. The Morgan fingerprint density at radius 2 is 2.00 bits per heavy atom. The van der Waals surface area contributed by atoms with Crippen LogP contribution in [0.2, 0.25) is 0 Å². The van der Waals surface area contributed by atoms with Crippen LogP contribution in [0, 0.1) is 6.92 Å². The first-order chi connectivity index (χ1) is 9.61. The molecule has 2 rings (SSSR count). The van der Waals surface area contributed by atoms with E-state index in [0.29, 0.717) is 18.8 Å². The molecule has 0 fully saturated rings. The molecule has 1 aromatic heterocycles. The molecule has 0 aliphatic carbocycles. The number of aryl methyl sites for hydroxylation is 1. The Bertz CT molecular complexity index is 604. The maximum atomic E-state index is 10.8. The van der Waals surface area contributed by atoms with E-state index in [1.165, 1.54) is 0 Å². The Kier molecular flexibility index (Phi) is 4.42. The Morgan fingerprint density at radius 1 is 1.30 bits per heavy atom. The molecule has 5 nitrogen and oxygen atoms in total.